The van der Waals surface area contributed by atoms with E-state index in [0.717, 1.165) is 0 Å². The molecule has 4 rings (SSSR count). The van der Waals surface area contributed by atoms with E-state index in [2.05, 4.69) is 20.4 Å². The van der Waals surface area contributed by atoms with Crippen LogP contribution in [0.1, 0.15) is 0 Å². The van der Waals surface area contributed by atoms with E-state index >= 15 is 0 Å². The van der Waals surface area contributed by atoms with E-state index in [1.165, 1.54) is 23.5 Å². The van der Waals surface area contributed by atoms with Crippen molar-refractivity contribution in [2.24, 2.45) is 0 Å². The van der Waals surface area contributed by atoms with Crippen LogP contribution in [-0.4, -0.2) is 25.6 Å². The summed E-state index contributed by atoms with van der Waals surface area (Å²) in [5, 5.41) is 8.97. The van der Waals surface area contributed by atoms with Crippen molar-refractivity contribution < 1.29 is 13.7 Å². The Bertz CT molecular complexity index is 1020. The number of amides is 1. The number of thiazole rings is 1. The molecule has 1 aromatic carbocycles. The fourth-order valence-corrected chi connectivity index (χ4v) is 2.93. The molecule has 0 radical (unpaired) electrons. The number of aromatic nitrogens is 4. The second kappa shape index (κ2) is 6.89. The van der Waals surface area contributed by atoms with Crippen molar-refractivity contribution in [2.75, 3.05) is 5.32 Å². The Morgan fingerprint density at radius 1 is 1.27 bits per heavy atom. The van der Waals surface area contributed by atoms with Gasteiger partial charge in [0.1, 0.15) is 18.1 Å². The summed E-state index contributed by atoms with van der Waals surface area (Å²) in [5.41, 5.74) is 1.25. The zero-order valence-electron chi connectivity index (χ0n) is 13.3. The molecule has 1 N–H and O–H groups in total. The summed E-state index contributed by atoms with van der Waals surface area (Å²) in [6.45, 7) is 0.0795. The minimum Gasteiger partial charge on any atom is -0.334 e. The quantitative estimate of drug-likeness (QED) is 0.582. The van der Waals surface area contributed by atoms with Crippen LogP contribution in [0, 0.1) is 5.82 Å². The third-order valence-corrected chi connectivity index (χ3v) is 4.26. The molecule has 0 aliphatic heterocycles. The van der Waals surface area contributed by atoms with Crippen LogP contribution in [0.15, 0.2) is 58.7 Å². The average molecular weight is 369 g/mol. The van der Waals surface area contributed by atoms with Gasteiger partial charge in [0.15, 0.2) is 5.13 Å². The third kappa shape index (κ3) is 3.38. The van der Waals surface area contributed by atoms with Crippen molar-refractivity contribution in [3.8, 4) is 23.0 Å². The fourth-order valence-electron chi connectivity index (χ4n) is 2.39. The molecule has 7 nitrogen and oxygen atoms in total. The van der Waals surface area contributed by atoms with Crippen LogP contribution < -0.4 is 5.32 Å². The van der Waals surface area contributed by atoms with Gasteiger partial charge in [-0.2, -0.15) is 4.98 Å². The number of hydrogen-bond acceptors (Lipinski definition) is 6. The Balaban J connectivity index is 1.53. The van der Waals surface area contributed by atoms with E-state index in [1.54, 1.807) is 46.6 Å². The molecule has 130 valence electrons. The van der Waals surface area contributed by atoms with E-state index in [4.69, 9.17) is 4.52 Å². The molecule has 0 saturated carbocycles. The first-order chi connectivity index (χ1) is 12.7. The molecule has 0 bridgehead atoms. The van der Waals surface area contributed by atoms with E-state index < -0.39 is 0 Å². The Morgan fingerprint density at radius 3 is 2.88 bits per heavy atom. The van der Waals surface area contributed by atoms with Gasteiger partial charge in [-0.25, -0.2) is 9.37 Å². The topological polar surface area (TPSA) is 85.8 Å². The highest BCUT2D eigenvalue weighted by atomic mass is 32.1. The first-order valence-corrected chi connectivity index (χ1v) is 8.51. The number of nitrogens with zero attached hydrogens (tertiary/aromatic N) is 4. The summed E-state index contributed by atoms with van der Waals surface area (Å²) in [7, 11) is 0. The first-order valence-electron chi connectivity index (χ1n) is 7.63. The number of benzene rings is 1. The van der Waals surface area contributed by atoms with Gasteiger partial charge in [0.2, 0.25) is 11.7 Å². The van der Waals surface area contributed by atoms with Gasteiger partial charge in [0.05, 0.1) is 0 Å². The summed E-state index contributed by atoms with van der Waals surface area (Å²) in [6, 6.07) is 9.37. The molecular weight excluding hydrogens is 357 g/mol. The maximum absolute atomic E-state index is 13.0. The van der Waals surface area contributed by atoms with Crippen molar-refractivity contribution in [1.29, 1.82) is 0 Å². The minimum atomic E-state index is -0.336. The summed E-state index contributed by atoms with van der Waals surface area (Å²) in [6.07, 6.45) is 3.37. The van der Waals surface area contributed by atoms with Gasteiger partial charge >= 0.3 is 0 Å². The smallest absolute Gasteiger partial charge is 0.274 e. The number of carbonyl (C=O) groups is 1. The van der Waals surface area contributed by atoms with E-state index in [1.807, 2.05) is 0 Å². The Hall–Kier alpha value is -3.33. The van der Waals surface area contributed by atoms with Crippen LogP contribution in [-0.2, 0) is 11.3 Å². The fraction of sp³-hybridized carbons (Fsp3) is 0.0588. The van der Waals surface area contributed by atoms with Gasteiger partial charge < -0.3 is 14.4 Å². The molecule has 1 amide bonds. The monoisotopic (exact) mass is 369 g/mol. The van der Waals surface area contributed by atoms with Crippen LogP contribution in [0.3, 0.4) is 0 Å². The minimum absolute atomic E-state index is 0.0795. The number of hydrogen-bond donors (Lipinski definition) is 1. The summed E-state index contributed by atoms with van der Waals surface area (Å²) in [5.74, 6) is 0.0737. The number of anilines is 1. The lowest BCUT2D eigenvalue weighted by Crippen LogP contribution is -2.18. The van der Waals surface area contributed by atoms with Gasteiger partial charge in [-0.1, -0.05) is 5.16 Å². The molecule has 26 heavy (non-hydrogen) atoms. The molecule has 0 atom stereocenters. The zero-order chi connectivity index (χ0) is 17.9. The van der Waals surface area contributed by atoms with Crippen LogP contribution in [0.5, 0.6) is 0 Å². The van der Waals surface area contributed by atoms with Gasteiger partial charge in [0, 0.05) is 23.3 Å². The molecule has 4 aromatic rings. The van der Waals surface area contributed by atoms with E-state index in [0.29, 0.717) is 22.2 Å². The van der Waals surface area contributed by atoms with Crippen molar-refractivity contribution in [1.82, 2.24) is 19.7 Å². The van der Waals surface area contributed by atoms with Crippen LogP contribution in [0.25, 0.3) is 23.0 Å². The molecular formula is C17H12FN5O2S. The van der Waals surface area contributed by atoms with Crippen LogP contribution in [0.4, 0.5) is 9.52 Å². The highest BCUT2D eigenvalue weighted by Gasteiger charge is 2.16. The lowest BCUT2D eigenvalue weighted by molar-refractivity contribution is -0.116. The molecule has 3 aromatic heterocycles. The van der Waals surface area contributed by atoms with Gasteiger partial charge in [0.25, 0.3) is 5.89 Å². The van der Waals surface area contributed by atoms with Crippen LogP contribution in [0.2, 0.25) is 0 Å². The molecule has 3 heterocycles. The predicted octanol–water partition coefficient (Wildman–Crippen LogP) is 3.44. The number of halogens is 1. The van der Waals surface area contributed by atoms with Gasteiger partial charge in [-0.15, -0.1) is 11.3 Å². The van der Waals surface area contributed by atoms with Crippen molar-refractivity contribution >= 4 is 22.4 Å². The van der Waals surface area contributed by atoms with Crippen molar-refractivity contribution in [2.45, 2.75) is 6.54 Å². The van der Waals surface area contributed by atoms with Crippen molar-refractivity contribution in [3.63, 3.8) is 0 Å². The zero-order valence-corrected chi connectivity index (χ0v) is 14.1. The summed E-state index contributed by atoms with van der Waals surface area (Å²) in [4.78, 5) is 20.5. The summed E-state index contributed by atoms with van der Waals surface area (Å²) < 4.78 is 20.0. The lowest BCUT2D eigenvalue weighted by atomic mass is 10.2. The molecule has 0 unspecified atom stereocenters. The number of nitrogens with one attached hydrogen (secondary N) is 1. The second-order valence-electron chi connectivity index (χ2n) is 5.34. The molecule has 0 aliphatic rings. The highest BCUT2D eigenvalue weighted by Crippen LogP contribution is 2.23. The van der Waals surface area contributed by atoms with E-state index in [-0.39, 0.29) is 24.2 Å². The highest BCUT2D eigenvalue weighted by molar-refractivity contribution is 7.13. The maximum Gasteiger partial charge on any atom is 0.274 e. The molecule has 0 saturated heterocycles. The molecule has 0 aliphatic carbocycles. The third-order valence-electron chi connectivity index (χ3n) is 3.57. The number of rotatable bonds is 5. The number of carbonyl (C=O) groups excluding carboxylic acids is 1. The standard InChI is InChI=1S/C17H12FN5O2S/c18-12-5-3-11(4-6-12)15-21-16(25-22-15)13-2-1-8-23(13)10-14(24)20-17-19-7-9-26-17/h1-9H,10H2,(H,19,20,24). The molecule has 0 fully saturated rings. The molecule has 9 heteroatoms. The lowest BCUT2D eigenvalue weighted by Gasteiger charge is -2.06. The Labute approximate surface area is 151 Å². The van der Waals surface area contributed by atoms with Gasteiger partial charge in [-0.3, -0.25) is 4.79 Å². The first kappa shape index (κ1) is 16.2. The Kier molecular flexibility index (Phi) is 4.28. The normalized spacial score (nSPS) is 10.8. The Morgan fingerprint density at radius 2 is 2.12 bits per heavy atom. The second-order valence-corrected chi connectivity index (χ2v) is 6.23. The largest absolute Gasteiger partial charge is 0.334 e. The van der Waals surface area contributed by atoms with Crippen LogP contribution >= 0.6 is 11.3 Å². The molecule has 0 spiro atoms. The SMILES string of the molecule is O=C(Cn1cccc1-c1nc(-c2ccc(F)cc2)no1)Nc1nccs1. The van der Waals surface area contributed by atoms with Crippen molar-refractivity contribution in [3.05, 3.63) is 60.0 Å². The maximum atomic E-state index is 13.0. The van der Waals surface area contributed by atoms with Gasteiger partial charge in [-0.05, 0) is 36.4 Å². The predicted molar refractivity (Wildman–Crippen MR) is 93.9 cm³/mol. The van der Waals surface area contributed by atoms with E-state index in [9.17, 15) is 9.18 Å². The average Bonchev–Trinajstić information content (AvgIpc) is 3.36. The summed E-state index contributed by atoms with van der Waals surface area (Å²) >= 11 is 1.35.